The van der Waals surface area contributed by atoms with E-state index in [-0.39, 0.29) is 18.2 Å². The molecule has 3 N–H and O–H groups in total. The Balaban J connectivity index is 1.33. The number of amides is 3. The zero-order valence-electron chi connectivity index (χ0n) is 18.3. The van der Waals surface area contributed by atoms with Crippen molar-refractivity contribution in [1.29, 1.82) is 0 Å². The molecule has 0 bridgehead atoms. The molecule has 2 aliphatic heterocycles. The Morgan fingerprint density at radius 1 is 1.12 bits per heavy atom. The van der Waals surface area contributed by atoms with Gasteiger partial charge in [-0.25, -0.2) is 4.98 Å². The Morgan fingerprint density at radius 3 is 2.69 bits per heavy atom. The van der Waals surface area contributed by atoms with Crippen LogP contribution in [0, 0.1) is 13.8 Å². The fraction of sp³-hybridized carbons (Fsp3) is 0.333. The number of aromatic nitrogens is 2. The summed E-state index contributed by atoms with van der Waals surface area (Å²) in [4.78, 5) is 46.6. The van der Waals surface area contributed by atoms with Gasteiger partial charge in [-0.15, -0.1) is 0 Å². The van der Waals surface area contributed by atoms with Crippen LogP contribution in [0.3, 0.4) is 0 Å². The second kappa shape index (κ2) is 7.19. The number of anilines is 1. The monoisotopic (exact) mass is 431 g/mol. The lowest BCUT2D eigenvalue weighted by Gasteiger charge is -2.39. The van der Waals surface area contributed by atoms with Gasteiger partial charge in [-0.05, 0) is 67.6 Å². The molecule has 5 rings (SSSR count). The van der Waals surface area contributed by atoms with Crippen LogP contribution in [0.25, 0.3) is 11.0 Å². The molecule has 0 unspecified atom stereocenters. The number of rotatable bonds is 4. The molecule has 164 valence electrons. The number of carbonyl (C=O) groups excluding carboxylic acids is 3. The topological polar surface area (TPSA) is 107 Å². The SMILES string of the molecule is Cc1cc2nc(NCc3ccc4c(c3)CN([C@@]3(C)CCC(=O)NC3=O)C4=O)[nH]c2cc1C. The number of imide groups is 1. The van der Waals surface area contributed by atoms with Gasteiger partial charge in [0.25, 0.3) is 11.8 Å². The third kappa shape index (κ3) is 3.23. The van der Waals surface area contributed by atoms with Gasteiger partial charge in [0.15, 0.2) is 0 Å². The van der Waals surface area contributed by atoms with Crippen molar-refractivity contribution >= 4 is 34.7 Å². The predicted molar refractivity (Wildman–Crippen MR) is 120 cm³/mol. The number of piperidine rings is 1. The summed E-state index contributed by atoms with van der Waals surface area (Å²) in [6, 6.07) is 9.88. The van der Waals surface area contributed by atoms with Gasteiger partial charge < -0.3 is 15.2 Å². The van der Waals surface area contributed by atoms with Gasteiger partial charge in [0.1, 0.15) is 5.54 Å². The number of hydrogen-bond donors (Lipinski definition) is 3. The standard InChI is InChI=1S/C24H25N5O3/c1-13-8-18-19(9-14(13)2)27-23(26-18)25-11-15-4-5-17-16(10-15)12-29(21(17)31)24(3)7-6-20(30)28-22(24)32/h4-5,8-10H,6-7,11-12H2,1-3H3,(H2,25,26,27)(H,28,30,32)/t24-/m0/s1. The number of hydrogen-bond acceptors (Lipinski definition) is 5. The lowest BCUT2D eigenvalue weighted by atomic mass is 9.89. The van der Waals surface area contributed by atoms with Gasteiger partial charge in [0.05, 0.1) is 11.0 Å². The first kappa shape index (κ1) is 20.2. The van der Waals surface area contributed by atoms with E-state index in [0.29, 0.717) is 31.0 Å². The van der Waals surface area contributed by atoms with E-state index in [0.717, 1.165) is 22.2 Å². The molecule has 0 saturated carbocycles. The van der Waals surface area contributed by atoms with Gasteiger partial charge in [-0.2, -0.15) is 0 Å². The molecule has 0 aliphatic carbocycles. The summed E-state index contributed by atoms with van der Waals surface area (Å²) in [5, 5.41) is 5.69. The molecule has 0 radical (unpaired) electrons. The zero-order chi connectivity index (χ0) is 22.6. The smallest absolute Gasteiger partial charge is 0.255 e. The molecule has 8 heteroatoms. The highest BCUT2D eigenvalue weighted by Gasteiger charge is 2.48. The van der Waals surface area contributed by atoms with Gasteiger partial charge in [-0.3, -0.25) is 19.7 Å². The minimum absolute atomic E-state index is 0.172. The van der Waals surface area contributed by atoms with Crippen molar-refractivity contribution in [3.8, 4) is 0 Å². The van der Waals surface area contributed by atoms with E-state index in [2.05, 4.69) is 46.6 Å². The molecular weight excluding hydrogens is 406 g/mol. The molecule has 3 aromatic rings. The van der Waals surface area contributed by atoms with Crippen molar-refractivity contribution in [3.05, 3.63) is 58.1 Å². The summed E-state index contributed by atoms with van der Waals surface area (Å²) >= 11 is 0. The molecule has 1 fully saturated rings. The molecule has 32 heavy (non-hydrogen) atoms. The van der Waals surface area contributed by atoms with E-state index in [9.17, 15) is 14.4 Å². The van der Waals surface area contributed by atoms with Gasteiger partial charge in [0, 0.05) is 25.1 Å². The van der Waals surface area contributed by atoms with E-state index in [4.69, 9.17) is 0 Å². The van der Waals surface area contributed by atoms with E-state index < -0.39 is 11.4 Å². The van der Waals surface area contributed by atoms with Crippen LogP contribution in [0.15, 0.2) is 30.3 Å². The molecule has 3 amide bonds. The highest BCUT2D eigenvalue weighted by molar-refractivity contribution is 6.07. The van der Waals surface area contributed by atoms with Crippen LogP contribution >= 0.6 is 0 Å². The van der Waals surface area contributed by atoms with Crippen molar-refractivity contribution in [1.82, 2.24) is 20.2 Å². The number of aryl methyl sites for hydroxylation is 2. The number of fused-ring (bicyclic) bond motifs is 2. The Kier molecular flexibility index (Phi) is 4.54. The molecule has 2 aliphatic rings. The molecular formula is C24H25N5O3. The van der Waals surface area contributed by atoms with E-state index >= 15 is 0 Å². The first-order valence-corrected chi connectivity index (χ1v) is 10.7. The van der Waals surface area contributed by atoms with Gasteiger partial charge in [0.2, 0.25) is 11.9 Å². The van der Waals surface area contributed by atoms with Crippen molar-refractivity contribution in [2.75, 3.05) is 5.32 Å². The summed E-state index contributed by atoms with van der Waals surface area (Å²) in [6.45, 7) is 6.77. The van der Waals surface area contributed by atoms with E-state index in [1.165, 1.54) is 11.1 Å². The number of imidazole rings is 1. The number of aromatic amines is 1. The quantitative estimate of drug-likeness (QED) is 0.551. The summed E-state index contributed by atoms with van der Waals surface area (Å²) < 4.78 is 0. The van der Waals surface area contributed by atoms with Crippen molar-refractivity contribution in [3.63, 3.8) is 0 Å². The molecule has 1 aromatic heterocycles. The van der Waals surface area contributed by atoms with Gasteiger partial charge in [-0.1, -0.05) is 12.1 Å². The minimum atomic E-state index is -1.02. The van der Waals surface area contributed by atoms with Crippen molar-refractivity contribution in [2.24, 2.45) is 0 Å². The van der Waals surface area contributed by atoms with E-state index in [1.807, 2.05) is 18.2 Å². The Morgan fingerprint density at radius 2 is 1.91 bits per heavy atom. The zero-order valence-corrected chi connectivity index (χ0v) is 18.3. The van der Waals surface area contributed by atoms with Crippen LogP contribution in [0.1, 0.15) is 52.4 Å². The van der Waals surface area contributed by atoms with Crippen molar-refractivity contribution in [2.45, 2.75) is 52.2 Å². The molecule has 3 heterocycles. The molecule has 2 aromatic carbocycles. The maximum Gasteiger partial charge on any atom is 0.255 e. The number of carbonyl (C=O) groups is 3. The maximum absolute atomic E-state index is 13.0. The lowest BCUT2D eigenvalue weighted by Crippen LogP contribution is -2.61. The second-order valence-electron chi connectivity index (χ2n) is 8.93. The number of benzene rings is 2. The van der Waals surface area contributed by atoms with Crippen LogP contribution in [-0.2, 0) is 22.7 Å². The molecule has 1 saturated heterocycles. The molecule has 8 nitrogen and oxygen atoms in total. The predicted octanol–water partition coefficient (Wildman–Crippen LogP) is 2.94. The van der Waals surface area contributed by atoms with Crippen LogP contribution in [0.2, 0.25) is 0 Å². The Hall–Kier alpha value is -3.68. The average molecular weight is 431 g/mol. The maximum atomic E-state index is 13.0. The lowest BCUT2D eigenvalue weighted by molar-refractivity contribution is -0.142. The number of H-pyrrole nitrogens is 1. The molecule has 1 atom stereocenters. The summed E-state index contributed by atoms with van der Waals surface area (Å²) in [5.74, 6) is -0.179. The minimum Gasteiger partial charge on any atom is -0.352 e. The van der Waals surface area contributed by atoms with E-state index in [1.54, 1.807) is 11.8 Å². The van der Waals surface area contributed by atoms with Gasteiger partial charge >= 0.3 is 0 Å². The average Bonchev–Trinajstić information content (AvgIpc) is 3.30. The highest BCUT2D eigenvalue weighted by atomic mass is 16.2. The van der Waals surface area contributed by atoms with Crippen LogP contribution in [0.5, 0.6) is 0 Å². The fourth-order valence-corrected chi connectivity index (χ4v) is 4.47. The van der Waals surface area contributed by atoms with Crippen LogP contribution < -0.4 is 10.6 Å². The summed E-state index contributed by atoms with van der Waals surface area (Å²) in [6.07, 6.45) is 0.560. The summed E-state index contributed by atoms with van der Waals surface area (Å²) in [5.41, 5.74) is 5.81. The summed E-state index contributed by atoms with van der Waals surface area (Å²) in [7, 11) is 0. The fourth-order valence-electron chi connectivity index (χ4n) is 4.47. The number of nitrogens with zero attached hydrogens (tertiary/aromatic N) is 2. The first-order valence-electron chi connectivity index (χ1n) is 10.7. The third-order valence-electron chi connectivity index (χ3n) is 6.71. The number of nitrogens with one attached hydrogen (secondary N) is 3. The van der Waals surface area contributed by atoms with Crippen molar-refractivity contribution < 1.29 is 14.4 Å². The van der Waals surface area contributed by atoms with Crippen LogP contribution in [0.4, 0.5) is 5.95 Å². The third-order valence-corrected chi connectivity index (χ3v) is 6.71. The normalized spacial score (nSPS) is 20.6. The highest BCUT2D eigenvalue weighted by Crippen LogP contribution is 2.34. The molecule has 0 spiro atoms. The first-order chi connectivity index (χ1) is 15.2. The second-order valence-corrected chi connectivity index (χ2v) is 8.93. The largest absolute Gasteiger partial charge is 0.352 e. The Bertz CT molecular complexity index is 1260. The van der Waals surface area contributed by atoms with Crippen LogP contribution in [-0.4, -0.2) is 38.1 Å². The Labute approximate surface area is 185 Å².